The third-order valence-corrected chi connectivity index (χ3v) is 2.95. The standard InChI is InChI=1S/C14H21NO2/c1-2-5-14(6-3-1)15-8-4-9-16-11-13-7-10-17-12-13/h1-3,5-6,13,15H,4,7-12H2. The molecule has 1 aromatic carbocycles. The fraction of sp³-hybridized carbons (Fsp3) is 0.571. The molecule has 3 heteroatoms. The van der Waals surface area contributed by atoms with Crippen molar-refractivity contribution in [2.24, 2.45) is 5.92 Å². The molecule has 0 radical (unpaired) electrons. The molecule has 1 atom stereocenters. The molecule has 0 amide bonds. The molecule has 17 heavy (non-hydrogen) atoms. The van der Waals surface area contributed by atoms with Gasteiger partial charge in [0.2, 0.25) is 0 Å². The maximum absolute atomic E-state index is 5.64. The highest BCUT2D eigenvalue weighted by atomic mass is 16.5. The molecule has 0 aromatic heterocycles. The van der Waals surface area contributed by atoms with Crippen LogP contribution in [0.3, 0.4) is 0 Å². The molecule has 1 aliphatic rings. The van der Waals surface area contributed by atoms with Crippen molar-refractivity contribution in [3.63, 3.8) is 0 Å². The van der Waals surface area contributed by atoms with E-state index in [1.807, 2.05) is 18.2 Å². The molecule has 1 fully saturated rings. The Morgan fingerprint density at radius 2 is 2.18 bits per heavy atom. The fourth-order valence-corrected chi connectivity index (χ4v) is 1.93. The van der Waals surface area contributed by atoms with Gasteiger partial charge in [0.15, 0.2) is 0 Å². The second kappa shape index (κ2) is 7.30. The van der Waals surface area contributed by atoms with E-state index in [4.69, 9.17) is 9.47 Å². The summed E-state index contributed by atoms with van der Waals surface area (Å²) in [6.07, 6.45) is 2.20. The zero-order valence-electron chi connectivity index (χ0n) is 10.2. The van der Waals surface area contributed by atoms with Gasteiger partial charge in [0.25, 0.3) is 0 Å². The summed E-state index contributed by atoms with van der Waals surface area (Å²) in [7, 11) is 0. The minimum atomic E-state index is 0.622. The Bertz CT molecular complexity index is 296. The number of rotatable bonds is 7. The highest BCUT2D eigenvalue weighted by Gasteiger charge is 2.14. The van der Waals surface area contributed by atoms with E-state index >= 15 is 0 Å². The highest BCUT2D eigenvalue weighted by Crippen LogP contribution is 2.12. The Kier molecular flexibility index (Phi) is 5.33. The summed E-state index contributed by atoms with van der Waals surface area (Å²) in [5.74, 6) is 0.622. The molecule has 0 bridgehead atoms. The van der Waals surface area contributed by atoms with Crippen LogP contribution in [0, 0.1) is 5.92 Å². The monoisotopic (exact) mass is 235 g/mol. The van der Waals surface area contributed by atoms with Crippen molar-refractivity contribution in [2.45, 2.75) is 12.8 Å². The minimum absolute atomic E-state index is 0.622. The SMILES string of the molecule is c1ccc(NCCCOCC2CCOC2)cc1. The quantitative estimate of drug-likeness (QED) is 0.737. The number of hydrogen-bond acceptors (Lipinski definition) is 3. The molecular weight excluding hydrogens is 214 g/mol. The largest absolute Gasteiger partial charge is 0.385 e. The van der Waals surface area contributed by atoms with Crippen molar-refractivity contribution in [2.75, 3.05) is 38.3 Å². The van der Waals surface area contributed by atoms with Gasteiger partial charge < -0.3 is 14.8 Å². The lowest BCUT2D eigenvalue weighted by Crippen LogP contribution is -2.12. The van der Waals surface area contributed by atoms with Gasteiger partial charge in [-0.25, -0.2) is 0 Å². The van der Waals surface area contributed by atoms with Gasteiger partial charge in [0.1, 0.15) is 0 Å². The number of para-hydroxylation sites is 1. The van der Waals surface area contributed by atoms with Crippen molar-refractivity contribution >= 4 is 5.69 Å². The van der Waals surface area contributed by atoms with Crippen molar-refractivity contribution in [3.05, 3.63) is 30.3 Å². The Labute approximate surface area is 103 Å². The molecule has 3 nitrogen and oxygen atoms in total. The van der Waals surface area contributed by atoms with Gasteiger partial charge in [-0.1, -0.05) is 18.2 Å². The van der Waals surface area contributed by atoms with Crippen LogP contribution in [-0.2, 0) is 9.47 Å². The molecule has 0 aliphatic carbocycles. The highest BCUT2D eigenvalue weighted by molar-refractivity contribution is 5.42. The Hall–Kier alpha value is -1.06. The van der Waals surface area contributed by atoms with Crippen LogP contribution in [0.2, 0.25) is 0 Å². The molecule has 1 heterocycles. The van der Waals surface area contributed by atoms with E-state index in [1.165, 1.54) is 5.69 Å². The first kappa shape index (κ1) is 12.4. The van der Waals surface area contributed by atoms with E-state index in [0.717, 1.165) is 45.8 Å². The molecule has 94 valence electrons. The van der Waals surface area contributed by atoms with Crippen LogP contribution in [0.4, 0.5) is 5.69 Å². The Morgan fingerprint density at radius 3 is 2.94 bits per heavy atom. The molecule has 1 saturated heterocycles. The molecule has 0 saturated carbocycles. The maximum atomic E-state index is 5.64. The zero-order valence-corrected chi connectivity index (χ0v) is 10.2. The smallest absolute Gasteiger partial charge is 0.0517 e. The van der Waals surface area contributed by atoms with E-state index in [-0.39, 0.29) is 0 Å². The van der Waals surface area contributed by atoms with E-state index in [2.05, 4.69) is 17.4 Å². The second-order valence-electron chi connectivity index (χ2n) is 4.45. The summed E-state index contributed by atoms with van der Waals surface area (Å²) < 4.78 is 10.9. The van der Waals surface area contributed by atoms with Crippen molar-refractivity contribution in [3.8, 4) is 0 Å². The van der Waals surface area contributed by atoms with Gasteiger partial charge >= 0.3 is 0 Å². The summed E-state index contributed by atoms with van der Waals surface area (Å²) in [4.78, 5) is 0. The molecule has 1 unspecified atom stereocenters. The average Bonchev–Trinajstić information content (AvgIpc) is 2.88. The number of anilines is 1. The van der Waals surface area contributed by atoms with Gasteiger partial charge in [-0.3, -0.25) is 0 Å². The van der Waals surface area contributed by atoms with Crippen molar-refractivity contribution in [1.29, 1.82) is 0 Å². The van der Waals surface area contributed by atoms with Gasteiger partial charge in [-0.05, 0) is 25.0 Å². The van der Waals surface area contributed by atoms with Crippen LogP contribution in [0.25, 0.3) is 0 Å². The molecule has 1 aromatic rings. The number of benzene rings is 1. The first-order chi connectivity index (χ1) is 8.45. The minimum Gasteiger partial charge on any atom is -0.385 e. The number of ether oxygens (including phenoxy) is 2. The predicted octanol–water partition coefficient (Wildman–Crippen LogP) is 2.54. The van der Waals surface area contributed by atoms with Gasteiger partial charge in [-0.15, -0.1) is 0 Å². The van der Waals surface area contributed by atoms with E-state index in [9.17, 15) is 0 Å². The fourth-order valence-electron chi connectivity index (χ4n) is 1.93. The molecule has 2 rings (SSSR count). The Balaban J connectivity index is 1.46. The average molecular weight is 235 g/mol. The van der Waals surface area contributed by atoms with Crippen LogP contribution in [0.15, 0.2) is 30.3 Å². The number of nitrogens with one attached hydrogen (secondary N) is 1. The van der Waals surface area contributed by atoms with E-state index in [0.29, 0.717) is 5.92 Å². The van der Waals surface area contributed by atoms with Gasteiger partial charge in [0.05, 0.1) is 13.2 Å². The Morgan fingerprint density at radius 1 is 1.29 bits per heavy atom. The van der Waals surface area contributed by atoms with Crippen LogP contribution < -0.4 is 5.32 Å². The lowest BCUT2D eigenvalue weighted by atomic mass is 10.1. The molecule has 0 spiro atoms. The number of hydrogen-bond donors (Lipinski definition) is 1. The van der Waals surface area contributed by atoms with Crippen molar-refractivity contribution in [1.82, 2.24) is 0 Å². The van der Waals surface area contributed by atoms with E-state index in [1.54, 1.807) is 0 Å². The summed E-state index contributed by atoms with van der Waals surface area (Å²) >= 11 is 0. The maximum Gasteiger partial charge on any atom is 0.0517 e. The lowest BCUT2D eigenvalue weighted by molar-refractivity contribution is 0.0897. The third kappa shape index (κ3) is 4.75. The summed E-state index contributed by atoms with van der Waals surface area (Å²) in [5, 5.41) is 3.37. The second-order valence-corrected chi connectivity index (χ2v) is 4.45. The van der Waals surface area contributed by atoms with E-state index < -0.39 is 0 Å². The summed E-state index contributed by atoms with van der Waals surface area (Å²) in [6, 6.07) is 10.3. The topological polar surface area (TPSA) is 30.5 Å². The van der Waals surface area contributed by atoms with Gasteiger partial charge in [0, 0.05) is 31.4 Å². The third-order valence-electron chi connectivity index (χ3n) is 2.95. The first-order valence-electron chi connectivity index (χ1n) is 6.39. The molecule has 1 N–H and O–H groups in total. The first-order valence-corrected chi connectivity index (χ1v) is 6.39. The zero-order chi connectivity index (χ0) is 11.8. The normalized spacial score (nSPS) is 19.4. The predicted molar refractivity (Wildman–Crippen MR) is 69.3 cm³/mol. The van der Waals surface area contributed by atoms with Crippen molar-refractivity contribution < 1.29 is 9.47 Å². The molecular formula is C14H21NO2. The van der Waals surface area contributed by atoms with Crippen LogP contribution >= 0.6 is 0 Å². The van der Waals surface area contributed by atoms with Crippen LogP contribution in [0.1, 0.15) is 12.8 Å². The summed E-state index contributed by atoms with van der Waals surface area (Å²) in [6.45, 7) is 4.43. The van der Waals surface area contributed by atoms with Gasteiger partial charge in [-0.2, -0.15) is 0 Å². The molecule has 1 aliphatic heterocycles. The van der Waals surface area contributed by atoms with Crippen LogP contribution in [-0.4, -0.2) is 33.0 Å². The summed E-state index contributed by atoms with van der Waals surface area (Å²) in [5.41, 5.74) is 1.18. The van der Waals surface area contributed by atoms with Crippen LogP contribution in [0.5, 0.6) is 0 Å². The lowest BCUT2D eigenvalue weighted by Gasteiger charge is -2.09.